The summed E-state index contributed by atoms with van der Waals surface area (Å²) in [5, 5.41) is 2.82. The molecule has 0 aliphatic heterocycles. The number of aryl methyl sites for hydroxylation is 2. The summed E-state index contributed by atoms with van der Waals surface area (Å²) < 4.78 is 14.8. The van der Waals surface area contributed by atoms with Crippen molar-refractivity contribution in [3.63, 3.8) is 0 Å². The molecule has 0 aliphatic carbocycles. The largest absolute Gasteiger partial charge is 0.324 e. The molecule has 1 heterocycles. The van der Waals surface area contributed by atoms with Gasteiger partial charge in [-0.15, -0.1) is 0 Å². The second-order valence-electron chi connectivity index (χ2n) is 6.70. The molecule has 3 aromatic rings. The van der Waals surface area contributed by atoms with Crippen LogP contribution in [0.25, 0.3) is 11.1 Å². The van der Waals surface area contributed by atoms with E-state index in [1.807, 2.05) is 24.3 Å². The number of halogens is 1. The smallest absolute Gasteiger partial charge is 0.261 e. The van der Waals surface area contributed by atoms with E-state index in [1.54, 1.807) is 19.9 Å². The third-order valence-electron chi connectivity index (χ3n) is 4.75. The Bertz CT molecular complexity index is 1060. The monoisotopic (exact) mass is 379 g/mol. The molecule has 0 spiro atoms. The summed E-state index contributed by atoms with van der Waals surface area (Å²) in [6.45, 7) is 5.33. The highest BCUT2D eigenvalue weighted by Gasteiger charge is 2.18. The quantitative estimate of drug-likeness (QED) is 0.725. The first kappa shape index (κ1) is 19.5. The molecular weight excluding hydrogens is 357 g/mol. The molecule has 1 atom stereocenters. The van der Waals surface area contributed by atoms with Crippen molar-refractivity contribution in [1.29, 1.82) is 0 Å². The van der Waals surface area contributed by atoms with Gasteiger partial charge in [-0.3, -0.25) is 14.2 Å². The number of aromatic nitrogens is 2. The fourth-order valence-corrected chi connectivity index (χ4v) is 2.91. The number of carbonyl (C=O) groups is 1. The van der Waals surface area contributed by atoms with Gasteiger partial charge in [-0.1, -0.05) is 25.1 Å². The number of anilines is 1. The second-order valence-corrected chi connectivity index (χ2v) is 6.70. The maximum atomic E-state index is 13.5. The highest BCUT2D eigenvalue weighted by Crippen LogP contribution is 2.19. The summed E-state index contributed by atoms with van der Waals surface area (Å²) in [4.78, 5) is 29.6. The molecule has 1 amide bonds. The van der Waals surface area contributed by atoms with Crippen LogP contribution in [-0.2, 0) is 11.2 Å². The molecule has 1 aromatic heterocycles. The van der Waals surface area contributed by atoms with E-state index in [0.29, 0.717) is 22.4 Å². The van der Waals surface area contributed by atoms with E-state index in [4.69, 9.17) is 0 Å². The minimum Gasteiger partial charge on any atom is -0.324 e. The van der Waals surface area contributed by atoms with Crippen LogP contribution < -0.4 is 10.9 Å². The lowest BCUT2D eigenvalue weighted by atomic mass is 10.1. The van der Waals surface area contributed by atoms with Crippen molar-refractivity contribution in [3.05, 3.63) is 82.3 Å². The first-order valence-corrected chi connectivity index (χ1v) is 9.13. The topological polar surface area (TPSA) is 64.0 Å². The van der Waals surface area contributed by atoms with Crippen LogP contribution in [0.2, 0.25) is 0 Å². The standard InChI is InChI=1S/C22H22FN3O2/c1-4-16-5-8-18(9-6-16)25-21(27)15(3)26-13-24-12-19(22(26)28)17-7-10-20(23)14(2)11-17/h5-13,15H,4H2,1-3H3,(H,25,27)/t15-/m1/s1. The van der Waals surface area contributed by atoms with E-state index in [-0.39, 0.29) is 17.3 Å². The van der Waals surface area contributed by atoms with Crippen LogP contribution in [0, 0.1) is 12.7 Å². The molecule has 2 aromatic carbocycles. The highest BCUT2D eigenvalue weighted by molar-refractivity contribution is 5.93. The minimum atomic E-state index is -0.757. The average molecular weight is 379 g/mol. The molecule has 3 rings (SSSR count). The van der Waals surface area contributed by atoms with Crippen molar-refractivity contribution in [2.45, 2.75) is 33.2 Å². The predicted molar refractivity (Wildman–Crippen MR) is 108 cm³/mol. The molecule has 1 N–H and O–H groups in total. The number of carbonyl (C=O) groups excluding carboxylic acids is 1. The first-order chi connectivity index (χ1) is 13.4. The van der Waals surface area contributed by atoms with Crippen molar-refractivity contribution in [1.82, 2.24) is 9.55 Å². The van der Waals surface area contributed by atoms with Gasteiger partial charge in [-0.05, 0) is 61.2 Å². The van der Waals surface area contributed by atoms with E-state index < -0.39 is 6.04 Å². The summed E-state index contributed by atoms with van der Waals surface area (Å²) >= 11 is 0. The molecule has 0 bridgehead atoms. The van der Waals surface area contributed by atoms with E-state index in [9.17, 15) is 14.0 Å². The van der Waals surface area contributed by atoms with Gasteiger partial charge in [0, 0.05) is 11.9 Å². The van der Waals surface area contributed by atoms with Crippen LogP contribution >= 0.6 is 0 Å². The molecule has 5 nitrogen and oxygen atoms in total. The summed E-state index contributed by atoms with van der Waals surface area (Å²) in [6.07, 6.45) is 3.69. The molecule has 6 heteroatoms. The van der Waals surface area contributed by atoms with Crippen LogP contribution in [-0.4, -0.2) is 15.5 Å². The van der Waals surface area contributed by atoms with Gasteiger partial charge in [0.25, 0.3) is 5.56 Å². The molecule has 0 aliphatic rings. The van der Waals surface area contributed by atoms with Gasteiger partial charge in [-0.25, -0.2) is 9.37 Å². The lowest BCUT2D eigenvalue weighted by Gasteiger charge is -2.16. The Hall–Kier alpha value is -3.28. The third-order valence-corrected chi connectivity index (χ3v) is 4.75. The molecule has 0 radical (unpaired) electrons. The van der Waals surface area contributed by atoms with Crippen LogP contribution in [0.15, 0.2) is 59.8 Å². The minimum absolute atomic E-state index is 0.317. The average Bonchev–Trinajstić information content (AvgIpc) is 2.70. The molecule has 28 heavy (non-hydrogen) atoms. The van der Waals surface area contributed by atoms with Gasteiger partial charge < -0.3 is 5.32 Å². The Morgan fingerprint density at radius 3 is 2.57 bits per heavy atom. The predicted octanol–water partition coefficient (Wildman–Crippen LogP) is 4.12. The maximum Gasteiger partial charge on any atom is 0.261 e. The van der Waals surface area contributed by atoms with Crippen molar-refractivity contribution < 1.29 is 9.18 Å². The van der Waals surface area contributed by atoms with E-state index in [1.165, 1.54) is 34.8 Å². The van der Waals surface area contributed by atoms with E-state index in [2.05, 4.69) is 17.2 Å². The number of hydrogen-bond donors (Lipinski definition) is 1. The van der Waals surface area contributed by atoms with Gasteiger partial charge in [0.15, 0.2) is 0 Å². The van der Waals surface area contributed by atoms with Gasteiger partial charge >= 0.3 is 0 Å². The summed E-state index contributed by atoms with van der Waals surface area (Å²) in [5.41, 5.74) is 2.80. The molecule has 0 saturated carbocycles. The van der Waals surface area contributed by atoms with E-state index in [0.717, 1.165) is 6.42 Å². The molecule has 0 unspecified atom stereocenters. The number of rotatable bonds is 5. The lowest BCUT2D eigenvalue weighted by molar-refractivity contribution is -0.118. The van der Waals surface area contributed by atoms with Crippen LogP contribution in [0.4, 0.5) is 10.1 Å². The summed E-state index contributed by atoms with van der Waals surface area (Å²) in [6, 6.07) is 11.3. The molecule has 0 fully saturated rings. The SMILES string of the molecule is CCc1ccc(NC(=O)[C@@H](C)n2cncc(-c3ccc(F)c(C)c3)c2=O)cc1. The number of amides is 1. The molecule has 144 valence electrons. The van der Waals surface area contributed by atoms with Crippen molar-refractivity contribution in [3.8, 4) is 11.1 Å². The zero-order chi connectivity index (χ0) is 20.3. The number of hydrogen-bond acceptors (Lipinski definition) is 3. The lowest BCUT2D eigenvalue weighted by Crippen LogP contribution is -2.32. The van der Waals surface area contributed by atoms with Crippen molar-refractivity contribution >= 4 is 11.6 Å². The van der Waals surface area contributed by atoms with Gasteiger partial charge in [0.05, 0.1) is 11.9 Å². The number of benzene rings is 2. The van der Waals surface area contributed by atoms with Gasteiger partial charge in [0.2, 0.25) is 5.91 Å². The molecule has 0 saturated heterocycles. The zero-order valence-corrected chi connectivity index (χ0v) is 16.1. The Morgan fingerprint density at radius 2 is 1.93 bits per heavy atom. The fraction of sp³-hybridized carbons (Fsp3) is 0.227. The number of nitrogens with zero attached hydrogens (tertiary/aromatic N) is 2. The number of nitrogens with one attached hydrogen (secondary N) is 1. The van der Waals surface area contributed by atoms with Gasteiger partial charge in [-0.2, -0.15) is 0 Å². The normalized spacial score (nSPS) is 11.9. The zero-order valence-electron chi connectivity index (χ0n) is 16.1. The third kappa shape index (κ3) is 4.01. The van der Waals surface area contributed by atoms with Crippen molar-refractivity contribution in [2.24, 2.45) is 0 Å². The Kier molecular flexibility index (Phi) is 5.68. The maximum absolute atomic E-state index is 13.5. The first-order valence-electron chi connectivity index (χ1n) is 9.13. The summed E-state index contributed by atoms with van der Waals surface area (Å²) in [7, 11) is 0. The van der Waals surface area contributed by atoms with Crippen molar-refractivity contribution in [2.75, 3.05) is 5.32 Å². The highest BCUT2D eigenvalue weighted by atomic mass is 19.1. The van der Waals surface area contributed by atoms with Gasteiger partial charge in [0.1, 0.15) is 11.9 Å². The second kappa shape index (κ2) is 8.17. The molecular formula is C22H22FN3O2. The Balaban J connectivity index is 1.87. The van der Waals surface area contributed by atoms with Crippen LogP contribution in [0.1, 0.15) is 31.0 Å². The van der Waals surface area contributed by atoms with Crippen LogP contribution in [0.5, 0.6) is 0 Å². The Morgan fingerprint density at radius 1 is 1.21 bits per heavy atom. The van der Waals surface area contributed by atoms with E-state index >= 15 is 0 Å². The Labute approximate surface area is 162 Å². The fourth-order valence-electron chi connectivity index (χ4n) is 2.91. The summed E-state index contributed by atoms with van der Waals surface area (Å²) in [5.74, 6) is -0.657. The van der Waals surface area contributed by atoms with Crippen LogP contribution in [0.3, 0.4) is 0 Å².